The van der Waals surface area contributed by atoms with Gasteiger partial charge in [-0.1, -0.05) is 29.8 Å². The van der Waals surface area contributed by atoms with Gasteiger partial charge in [0.1, 0.15) is 5.75 Å². The maximum atomic E-state index is 13.4. The van der Waals surface area contributed by atoms with E-state index in [1.165, 1.54) is 0 Å². The summed E-state index contributed by atoms with van der Waals surface area (Å²) < 4.78 is 5.22. The predicted molar refractivity (Wildman–Crippen MR) is 123 cm³/mol. The van der Waals surface area contributed by atoms with Crippen molar-refractivity contribution in [1.82, 2.24) is 0 Å². The number of para-hydroxylation sites is 1. The minimum Gasteiger partial charge on any atom is -0.497 e. The zero-order chi connectivity index (χ0) is 21.3. The van der Waals surface area contributed by atoms with Gasteiger partial charge in [0.15, 0.2) is 0 Å². The van der Waals surface area contributed by atoms with Crippen LogP contribution in [-0.2, 0) is 0 Å². The number of methoxy groups -OCH3 is 1. The number of carbonyl (C=O) groups excluding carboxylic acids is 1. The van der Waals surface area contributed by atoms with Crippen molar-refractivity contribution in [1.29, 1.82) is 0 Å². The number of rotatable bonds is 4. The topological polar surface area (TPSA) is 41.6 Å². The standard InChI is InChI=1S/C25H25ClN2O2/c1-16-14-19(26)10-13-22(16)27-23-15-17(2)28(24-7-5-4-6-21(23)24)25(29)18-8-11-20(30-3)12-9-18/h4-14,17,23,27H,15H2,1-3H3/t17-,23+/m0/s1. The number of fused-ring (bicyclic) bond motifs is 1. The van der Waals surface area contributed by atoms with Gasteiger partial charge in [0, 0.05) is 28.0 Å². The van der Waals surface area contributed by atoms with Crippen LogP contribution in [0, 0.1) is 6.92 Å². The molecule has 1 heterocycles. The summed E-state index contributed by atoms with van der Waals surface area (Å²) in [4.78, 5) is 15.3. The van der Waals surface area contributed by atoms with E-state index in [4.69, 9.17) is 16.3 Å². The molecule has 0 aliphatic carbocycles. The number of halogens is 1. The number of nitrogens with zero attached hydrogens (tertiary/aromatic N) is 1. The molecule has 5 heteroatoms. The van der Waals surface area contributed by atoms with Gasteiger partial charge in [-0.15, -0.1) is 0 Å². The average Bonchev–Trinajstić information content (AvgIpc) is 2.75. The Kier molecular flexibility index (Phi) is 5.69. The summed E-state index contributed by atoms with van der Waals surface area (Å²) in [5, 5.41) is 4.39. The van der Waals surface area contributed by atoms with Crippen molar-refractivity contribution in [3.63, 3.8) is 0 Å². The Balaban J connectivity index is 1.66. The van der Waals surface area contributed by atoms with Crippen molar-refractivity contribution in [2.24, 2.45) is 0 Å². The van der Waals surface area contributed by atoms with Crippen LogP contribution in [0.25, 0.3) is 0 Å². The second-order valence-electron chi connectivity index (χ2n) is 7.70. The molecule has 0 bridgehead atoms. The summed E-state index contributed by atoms with van der Waals surface area (Å²) >= 11 is 6.12. The third kappa shape index (κ3) is 3.88. The van der Waals surface area contributed by atoms with E-state index in [1.54, 1.807) is 7.11 Å². The highest BCUT2D eigenvalue weighted by atomic mass is 35.5. The molecular formula is C25H25ClN2O2. The molecule has 0 unspecified atom stereocenters. The Hall–Kier alpha value is -2.98. The van der Waals surface area contributed by atoms with Crippen LogP contribution >= 0.6 is 11.6 Å². The molecule has 154 valence electrons. The molecule has 1 aliphatic rings. The van der Waals surface area contributed by atoms with E-state index in [0.717, 1.165) is 39.7 Å². The van der Waals surface area contributed by atoms with Gasteiger partial charge in [0.25, 0.3) is 5.91 Å². The number of hydrogen-bond donors (Lipinski definition) is 1. The fourth-order valence-electron chi connectivity index (χ4n) is 4.11. The lowest BCUT2D eigenvalue weighted by Crippen LogP contribution is -2.44. The van der Waals surface area contributed by atoms with Gasteiger partial charge in [-0.3, -0.25) is 4.79 Å². The van der Waals surface area contributed by atoms with Crippen LogP contribution in [0.1, 0.15) is 40.9 Å². The van der Waals surface area contributed by atoms with Crippen LogP contribution < -0.4 is 15.0 Å². The zero-order valence-corrected chi connectivity index (χ0v) is 18.1. The maximum Gasteiger partial charge on any atom is 0.258 e. The van der Waals surface area contributed by atoms with Crippen LogP contribution in [-0.4, -0.2) is 19.1 Å². The molecule has 3 aromatic carbocycles. The predicted octanol–water partition coefficient (Wildman–Crippen LogP) is 6.25. The molecule has 1 amide bonds. The number of carbonyl (C=O) groups is 1. The summed E-state index contributed by atoms with van der Waals surface area (Å²) in [6, 6.07) is 21.4. The van der Waals surface area contributed by atoms with Crippen LogP contribution in [0.3, 0.4) is 0 Å². The zero-order valence-electron chi connectivity index (χ0n) is 17.4. The molecule has 1 aliphatic heterocycles. The normalized spacial score (nSPS) is 17.9. The number of amides is 1. The number of benzene rings is 3. The second kappa shape index (κ2) is 8.41. The van der Waals surface area contributed by atoms with Crippen molar-refractivity contribution in [3.8, 4) is 5.75 Å². The Morgan fingerprint density at radius 3 is 2.53 bits per heavy atom. The molecular weight excluding hydrogens is 396 g/mol. The third-order valence-electron chi connectivity index (χ3n) is 5.66. The van der Waals surface area contributed by atoms with E-state index in [-0.39, 0.29) is 18.0 Å². The molecule has 3 aromatic rings. The van der Waals surface area contributed by atoms with Crippen molar-refractivity contribution in [3.05, 3.63) is 88.4 Å². The smallest absolute Gasteiger partial charge is 0.258 e. The third-order valence-corrected chi connectivity index (χ3v) is 5.90. The number of aryl methyl sites for hydroxylation is 1. The second-order valence-corrected chi connectivity index (χ2v) is 8.14. The highest BCUT2D eigenvalue weighted by molar-refractivity contribution is 6.30. The monoisotopic (exact) mass is 420 g/mol. The summed E-state index contributed by atoms with van der Waals surface area (Å²) in [5.74, 6) is 0.736. The number of ether oxygens (including phenoxy) is 1. The Labute approximate surface area is 182 Å². The molecule has 4 nitrogen and oxygen atoms in total. The van der Waals surface area contributed by atoms with Gasteiger partial charge in [0.2, 0.25) is 0 Å². The van der Waals surface area contributed by atoms with Gasteiger partial charge in [0.05, 0.1) is 13.2 Å². The lowest BCUT2D eigenvalue weighted by molar-refractivity contribution is 0.0974. The first-order chi connectivity index (χ1) is 14.5. The number of anilines is 2. The van der Waals surface area contributed by atoms with Gasteiger partial charge >= 0.3 is 0 Å². The van der Waals surface area contributed by atoms with Crippen LogP contribution in [0.5, 0.6) is 5.75 Å². The molecule has 0 saturated heterocycles. The van der Waals surface area contributed by atoms with Crippen LogP contribution in [0.15, 0.2) is 66.7 Å². The van der Waals surface area contributed by atoms with E-state index >= 15 is 0 Å². The molecule has 1 N–H and O–H groups in total. The molecule has 0 fully saturated rings. The lowest BCUT2D eigenvalue weighted by atomic mass is 9.90. The lowest BCUT2D eigenvalue weighted by Gasteiger charge is -2.40. The van der Waals surface area contributed by atoms with Crippen molar-refractivity contribution in [2.75, 3.05) is 17.3 Å². The number of hydrogen-bond acceptors (Lipinski definition) is 3. The molecule has 4 rings (SSSR count). The van der Waals surface area contributed by atoms with E-state index < -0.39 is 0 Å². The van der Waals surface area contributed by atoms with Crippen LogP contribution in [0.4, 0.5) is 11.4 Å². The minimum atomic E-state index is -0.00118. The van der Waals surface area contributed by atoms with Gasteiger partial charge in [-0.05, 0) is 79.9 Å². The van der Waals surface area contributed by atoms with Crippen molar-refractivity contribution < 1.29 is 9.53 Å². The SMILES string of the molecule is COc1ccc(C(=O)N2c3ccccc3[C@H](Nc3ccc(Cl)cc3C)C[C@@H]2C)cc1. The molecule has 0 saturated carbocycles. The summed E-state index contributed by atoms with van der Waals surface area (Å²) in [6.45, 7) is 4.15. The van der Waals surface area contributed by atoms with E-state index in [1.807, 2.05) is 72.5 Å². The minimum absolute atomic E-state index is 0.00118. The fourth-order valence-corrected chi connectivity index (χ4v) is 4.33. The summed E-state index contributed by atoms with van der Waals surface area (Å²) in [5.41, 5.74) is 4.87. The first-order valence-corrected chi connectivity index (χ1v) is 10.4. The molecule has 0 spiro atoms. The quantitative estimate of drug-likeness (QED) is 0.542. The Morgan fingerprint density at radius 1 is 1.10 bits per heavy atom. The number of nitrogens with one attached hydrogen (secondary N) is 1. The highest BCUT2D eigenvalue weighted by Crippen LogP contribution is 2.40. The largest absolute Gasteiger partial charge is 0.497 e. The molecule has 30 heavy (non-hydrogen) atoms. The Bertz CT molecular complexity index is 1060. The Morgan fingerprint density at radius 2 is 1.83 bits per heavy atom. The molecule has 2 atom stereocenters. The molecule has 0 aromatic heterocycles. The highest BCUT2D eigenvalue weighted by Gasteiger charge is 2.34. The summed E-state index contributed by atoms with van der Waals surface area (Å²) in [6.07, 6.45) is 0.807. The summed E-state index contributed by atoms with van der Waals surface area (Å²) in [7, 11) is 1.62. The van der Waals surface area contributed by atoms with E-state index in [2.05, 4.69) is 18.3 Å². The maximum absolute atomic E-state index is 13.4. The van der Waals surface area contributed by atoms with Gasteiger partial charge in [-0.2, -0.15) is 0 Å². The first-order valence-electron chi connectivity index (χ1n) is 10.1. The van der Waals surface area contributed by atoms with E-state index in [9.17, 15) is 4.79 Å². The molecule has 0 radical (unpaired) electrons. The van der Waals surface area contributed by atoms with Gasteiger partial charge < -0.3 is 15.0 Å². The van der Waals surface area contributed by atoms with Crippen LogP contribution in [0.2, 0.25) is 5.02 Å². The fraction of sp³-hybridized carbons (Fsp3) is 0.240. The van der Waals surface area contributed by atoms with Crippen molar-refractivity contribution in [2.45, 2.75) is 32.4 Å². The average molecular weight is 421 g/mol. The van der Waals surface area contributed by atoms with Crippen molar-refractivity contribution >= 4 is 28.9 Å². The van der Waals surface area contributed by atoms with E-state index in [0.29, 0.717) is 5.56 Å². The first kappa shape index (κ1) is 20.3. The van der Waals surface area contributed by atoms with Gasteiger partial charge in [-0.25, -0.2) is 0 Å².